The quantitative estimate of drug-likeness (QED) is 0.754. The standard InChI is InChI=1S/C17H19IN2O/c1-3-19-11-13-8-4-5-10-15(13)20-17(21)14-9-6-7-12(2)16(14)18/h4-10,19H,3,11H2,1-2H3,(H,20,21). The lowest BCUT2D eigenvalue weighted by atomic mass is 10.1. The van der Waals surface area contributed by atoms with Crippen molar-refractivity contribution in [3.8, 4) is 0 Å². The summed E-state index contributed by atoms with van der Waals surface area (Å²) in [5.41, 5.74) is 3.79. The van der Waals surface area contributed by atoms with Crippen LogP contribution in [0.2, 0.25) is 0 Å². The van der Waals surface area contributed by atoms with Crippen LogP contribution >= 0.6 is 22.6 Å². The van der Waals surface area contributed by atoms with Gasteiger partial charge in [0.15, 0.2) is 0 Å². The molecule has 0 spiro atoms. The Labute approximate surface area is 139 Å². The van der Waals surface area contributed by atoms with Gasteiger partial charge in [-0.2, -0.15) is 0 Å². The number of aryl methyl sites for hydroxylation is 1. The Morgan fingerprint density at radius 3 is 2.67 bits per heavy atom. The van der Waals surface area contributed by atoms with Gasteiger partial charge in [0.2, 0.25) is 0 Å². The lowest BCUT2D eigenvalue weighted by Crippen LogP contribution is -2.18. The van der Waals surface area contributed by atoms with Crippen LogP contribution < -0.4 is 10.6 Å². The summed E-state index contributed by atoms with van der Waals surface area (Å²) in [4.78, 5) is 12.5. The summed E-state index contributed by atoms with van der Waals surface area (Å²) in [5, 5.41) is 6.31. The third-order valence-corrected chi connectivity index (χ3v) is 4.70. The van der Waals surface area contributed by atoms with Gasteiger partial charge in [0.25, 0.3) is 5.91 Å². The minimum absolute atomic E-state index is 0.0629. The normalized spacial score (nSPS) is 10.4. The lowest BCUT2D eigenvalue weighted by molar-refractivity contribution is 0.102. The van der Waals surface area contributed by atoms with Gasteiger partial charge in [0.05, 0.1) is 5.56 Å². The molecule has 0 saturated heterocycles. The molecule has 0 aliphatic rings. The lowest BCUT2D eigenvalue weighted by Gasteiger charge is -2.12. The maximum absolute atomic E-state index is 12.5. The topological polar surface area (TPSA) is 41.1 Å². The van der Waals surface area contributed by atoms with E-state index >= 15 is 0 Å². The molecule has 0 heterocycles. The molecule has 0 saturated carbocycles. The van der Waals surface area contributed by atoms with E-state index in [2.05, 4.69) is 40.1 Å². The van der Waals surface area contributed by atoms with Crippen LogP contribution in [0.25, 0.3) is 0 Å². The van der Waals surface area contributed by atoms with Crippen LogP contribution in [0, 0.1) is 10.5 Å². The Bertz CT molecular complexity index is 640. The number of anilines is 1. The van der Waals surface area contributed by atoms with Crippen molar-refractivity contribution in [2.75, 3.05) is 11.9 Å². The highest BCUT2D eigenvalue weighted by molar-refractivity contribution is 14.1. The van der Waals surface area contributed by atoms with Gasteiger partial charge in [-0.15, -0.1) is 0 Å². The molecule has 3 nitrogen and oxygen atoms in total. The Balaban J connectivity index is 2.22. The fourth-order valence-corrected chi connectivity index (χ4v) is 2.67. The predicted octanol–water partition coefficient (Wildman–Crippen LogP) is 3.96. The van der Waals surface area contributed by atoms with Crippen LogP contribution in [0.1, 0.15) is 28.4 Å². The summed E-state index contributed by atoms with van der Waals surface area (Å²) < 4.78 is 0.997. The van der Waals surface area contributed by atoms with E-state index in [1.54, 1.807) is 0 Å². The summed E-state index contributed by atoms with van der Waals surface area (Å²) in [6, 6.07) is 13.7. The summed E-state index contributed by atoms with van der Waals surface area (Å²) in [7, 11) is 0. The Hall–Kier alpha value is -1.40. The molecular weight excluding hydrogens is 375 g/mol. The van der Waals surface area contributed by atoms with Gasteiger partial charge < -0.3 is 10.6 Å². The molecule has 0 bridgehead atoms. The molecule has 2 N–H and O–H groups in total. The zero-order valence-corrected chi connectivity index (χ0v) is 14.4. The van der Waals surface area contributed by atoms with E-state index in [4.69, 9.17) is 0 Å². The first-order valence-corrected chi connectivity index (χ1v) is 8.06. The van der Waals surface area contributed by atoms with Crippen LogP contribution in [0.4, 0.5) is 5.69 Å². The number of rotatable bonds is 5. The molecule has 2 aromatic carbocycles. The molecule has 0 unspecified atom stereocenters. The highest BCUT2D eigenvalue weighted by Gasteiger charge is 2.12. The van der Waals surface area contributed by atoms with E-state index in [-0.39, 0.29) is 5.91 Å². The van der Waals surface area contributed by atoms with Crippen molar-refractivity contribution >= 4 is 34.2 Å². The van der Waals surface area contributed by atoms with Crippen molar-refractivity contribution in [3.05, 3.63) is 62.7 Å². The van der Waals surface area contributed by atoms with Crippen LogP contribution in [0.3, 0.4) is 0 Å². The van der Waals surface area contributed by atoms with Crippen LogP contribution in [0.5, 0.6) is 0 Å². The van der Waals surface area contributed by atoms with Gasteiger partial charge in [-0.25, -0.2) is 0 Å². The van der Waals surface area contributed by atoms with Crippen molar-refractivity contribution in [2.45, 2.75) is 20.4 Å². The molecule has 21 heavy (non-hydrogen) atoms. The Kier molecular flexibility index (Phi) is 5.76. The molecule has 4 heteroatoms. The Morgan fingerprint density at radius 2 is 1.90 bits per heavy atom. The number of hydrogen-bond acceptors (Lipinski definition) is 2. The van der Waals surface area contributed by atoms with Crippen LogP contribution in [-0.2, 0) is 6.54 Å². The summed E-state index contributed by atoms with van der Waals surface area (Å²) >= 11 is 2.22. The minimum Gasteiger partial charge on any atom is -0.322 e. The molecule has 0 aliphatic heterocycles. The zero-order chi connectivity index (χ0) is 15.2. The van der Waals surface area contributed by atoms with Crippen molar-refractivity contribution < 1.29 is 4.79 Å². The molecule has 0 atom stereocenters. The SMILES string of the molecule is CCNCc1ccccc1NC(=O)c1cccc(C)c1I. The molecule has 1 amide bonds. The van der Waals surface area contributed by atoms with Crippen molar-refractivity contribution in [1.82, 2.24) is 5.32 Å². The molecule has 2 rings (SSSR count). The van der Waals surface area contributed by atoms with Gasteiger partial charge in [-0.3, -0.25) is 4.79 Å². The zero-order valence-electron chi connectivity index (χ0n) is 12.2. The number of amides is 1. The first-order valence-electron chi connectivity index (χ1n) is 6.98. The minimum atomic E-state index is -0.0629. The van der Waals surface area contributed by atoms with Gasteiger partial charge in [-0.1, -0.05) is 37.3 Å². The van der Waals surface area contributed by atoms with Crippen LogP contribution in [-0.4, -0.2) is 12.5 Å². The summed E-state index contributed by atoms with van der Waals surface area (Å²) in [5.74, 6) is -0.0629. The van der Waals surface area contributed by atoms with E-state index in [0.717, 1.165) is 33.5 Å². The fraction of sp³-hybridized carbons (Fsp3) is 0.235. The van der Waals surface area contributed by atoms with E-state index in [0.29, 0.717) is 5.56 Å². The summed E-state index contributed by atoms with van der Waals surface area (Å²) in [6.07, 6.45) is 0. The number of carbonyl (C=O) groups is 1. The predicted molar refractivity (Wildman–Crippen MR) is 95.7 cm³/mol. The molecule has 0 aromatic heterocycles. The van der Waals surface area contributed by atoms with Crippen molar-refractivity contribution in [1.29, 1.82) is 0 Å². The van der Waals surface area contributed by atoms with Gasteiger partial charge in [0.1, 0.15) is 0 Å². The maximum atomic E-state index is 12.5. The molecule has 2 aromatic rings. The van der Waals surface area contributed by atoms with Gasteiger partial charge in [0, 0.05) is 15.8 Å². The molecule has 110 valence electrons. The Morgan fingerprint density at radius 1 is 1.14 bits per heavy atom. The van der Waals surface area contributed by atoms with Crippen molar-refractivity contribution in [2.24, 2.45) is 0 Å². The molecular formula is C17H19IN2O. The maximum Gasteiger partial charge on any atom is 0.256 e. The largest absolute Gasteiger partial charge is 0.322 e. The number of hydrogen-bond donors (Lipinski definition) is 2. The molecule has 0 radical (unpaired) electrons. The van der Waals surface area contributed by atoms with Gasteiger partial charge >= 0.3 is 0 Å². The number of carbonyl (C=O) groups excluding carboxylic acids is 1. The number of para-hydroxylation sites is 1. The first-order chi connectivity index (χ1) is 10.1. The first kappa shape index (κ1) is 16.0. The smallest absolute Gasteiger partial charge is 0.256 e. The van der Waals surface area contributed by atoms with E-state index < -0.39 is 0 Å². The average Bonchev–Trinajstić information content (AvgIpc) is 2.49. The highest BCUT2D eigenvalue weighted by atomic mass is 127. The molecule has 0 fully saturated rings. The molecule has 0 aliphatic carbocycles. The monoisotopic (exact) mass is 394 g/mol. The van der Waals surface area contributed by atoms with E-state index in [9.17, 15) is 4.79 Å². The van der Waals surface area contributed by atoms with Gasteiger partial charge in [-0.05, 0) is 59.3 Å². The second kappa shape index (κ2) is 7.56. The number of halogens is 1. The highest BCUT2D eigenvalue weighted by Crippen LogP contribution is 2.20. The van der Waals surface area contributed by atoms with Crippen LogP contribution in [0.15, 0.2) is 42.5 Å². The number of benzene rings is 2. The summed E-state index contributed by atoms with van der Waals surface area (Å²) in [6.45, 7) is 5.73. The van der Waals surface area contributed by atoms with Crippen molar-refractivity contribution in [3.63, 3.8) is 0 Å². The fourth-order valence-electron chi connectivity index (χ4n) is 2.07. The number of nitrogens with one attached hydrogen (secondary N) is 2. The van der Waals surface area contributed by atoms with E-state index in [1.807, 2.05) is 49.4 Å². The average molecular weight is 394 g/mol. The third kappa shape index (κ3) is 4.04. The second-order valence-electron chi connectivity index (χ2n) is 4.83. The van der Waals surface area contributed by atoms with E-state index in [1.165, 1.54) is 0 Å². The second-order valence-corrected chi connectivity index (χ2v) is 5.91. The third-order valence-electron chi connectivity index (χ3n) is 3.27.